The van der Waals surface area contributed by atoms with E-state index in [1.165, 1.54) is 12.1 Å². The molecule has 2 aromatic rings. The summed E-state index contributed by atoms with van der Waals surface area (Å²) in [6.45, 7) is 1.80. The predicted molar refractivity (Wildman–Crippen MR) is 83.2 cm³/mol. The smallest absolute Gasteiger partial charge is 0.256 e. The summed E-state index contributed by atoms with van der Waals surface area (Å²) in [5, 5.41) is 2.71. The number of hydrogen-bond donors (Lipinski definition) is 1. The van der Waals surface area contributed by atoms with Crippen LogP contribution < -0.4 is 5.32 Å². The third kappa shape index (κ3) is 3.70. The first-order valence-corrected chi connectivity index (χ1v) is 8.38. The van der Waals surface area contributed by atoms with E-state index in [4.69, 9.17) is 0 Å². The van der Waals surface area contributed by atoms with Gasteiger partial charge in [0.1, 0.15) is 0 Å². The van der Waals surface area contributed by atoms with Crippen LogP contribution in [0.15, 0.2) is 59.5 Å². The summed E-state index contributed by atoms with van der Waals surface area (Å²) in [6, 6.07) is 15.2. The number of amides is 1. The van der Waals surface area contributed by atoms with E-state index < -0.39 is 15.7 Å². The number of nitrogens with one attached hydrogen (secondary N) is 1. The summed E-state index contributed by atoms with van der Waals surface area (Å²) < 4.78 is 24.5. The van der Waals surface area contributed by atoms with Crippen molar-refractivity contribution in [2.75, 3.05) is 11.1 Å². The molecule has 0 aromatic heterocycles. The van der Waals surface area contributed by atoms with E-state index in [9.17, 15) is 13.2 Å². The van der Waals surface area contributed by atoms with Gasteiger partial charge in [-0.05, 0) is 30.7 Å². The first-order valence-electron chi connectivity index (χ1n) is 6.73. The van der Waals surface area contributed by atoms with E-state index in [0.29, 0.717) is 12.1 Å². The summed E-state index contributed by atoms with van der Waals surface area (Å²) in [6.07, 6.45) is 0.511. The Kier molecular flexibility index (Phi) is 4.75. The molecule has 0 atom stereocenters. The zero-order valence-corrected chi connectivity index (χ0v) is 12.6. The highest BCUT2D eigenvalue weighted by Crippen LogP contribution is 2.19. The maximum Gasteiger partial charge on any atom is 0.256 e. The average molecular weight is 303 g/mol. The molecule has 110 valence electrons. The van der Waals surface area contributed by atoms with Gasteiger partial charge in [0, 0.05) is 5.69 Å². The molecule has 0 aliphatic carbocycles. The third-order valence-corrected chi connectivity index (χ3v) is 4.94. The van der Waals surface area contributed by atoms with Crippen LogP contribution in [-0.4, -0.2) is 20.1 Å². The number of carbonyl (C=O) groups is 1. The average Bonchev–Trinajstić information content (AvgIpc) is 2.48. The van der Waals surface area contributed by atoms with Crippen molar-refractivity contribution in [1.29, 1.82) is 0 Å². The van der Waals surface area contributed by atoms with E-state index in [-0.39, 0.29) is 16.2 Å². The predicted octanol–water partition coefficient (Wildman–Crippen LogP) is 3.12. The van der Waals surface area contributed by atoms with Gasteiger partial charge in [0.25, 0.3) is 5.91 Å². The second-order valence-electron chi connectivity index (χ2n) is 4.64. The molecule has 0 heterocycles. The van der Waals surface area contributed by atoms with Crippen molar-refractivity contribution in [3.05, 3.63) is 60.2 Å². The zero-order chi connectivity index (χ0) is 15.3. The van der Waals surface area contributed by atoms with Gasteiger partial charge in [0.05, 0.1) is 16.2 Å². The van der Waals surface area contributed by atoms with Crippen molar-refractivity contribution in [2.24, 2.45) is 0 Å². The summed E-state index contributed by atoms with van der Waals surface area (Å²) in [5.41, 5.74) is 0.806. The number of hydrogen-bond acceptors (Lipinski definition) is 3. The summed E-state index contributed by atoms with van der Waals surface area (Å²) in [5.74, 6) is -0.390. The van der Waals surface area contributed by atoms with E-state index in [2.05, 4.69) is 5.32 Å². The van der Waals surface area contributed by atoms with Gasteiger partial charge in [-0.25, -0.2) is 8.42 Å². The SMILES string of the molecule is CCCS(=O)(=O)c1ccccc1C(=O)Nc1ccccc1. The Morgan fingerprint density at radius 3 is 2.29 bits per heavy atom. The molecule has 0 radical (unpaired) electrons. The van der Waals surface area contributed by atoms with Gasteiger partial charge in [-0.2, -0.15) is 0 Å². The lowest BCUT2D eigenvalue weighted by Gasteiger charge is -2.10. The van der Waals surface area contributed by atoms with E-state index in [1.807, 2.05) is 6.07 Å². The topological polar surface area (TPSA) is 63.2 Å². The Labute approximate surface area is 124 Å². The highest BCUT2D eigenvalue weighted by Gasteiger charge is 2.21. The van der Waals surface area contributed by atoms with Crippen LogP contribution in [-0.2, 0) is 9.84 Å². The fourth-order valence-corrected chi connectivity index (χ4v) is 3.56. The lowest BCUT2D eigenvalue weighted by atomic mass is 10.2. The molecule has 0 aliphatic rings. The molecule has 0 fully saturated rings. The maximum absolute atomic E-state index is 12.3. The van der Waals surface area contributed by atoms with Crippen molar-refractivity contribution in [3.8, 4) is 0 Å². The molecule has 1 amide bonds. The lowest BCUT2D eigenvalue weighted by Crippen LogP contribution is -2.17. The van der Waals surface area contributed by atoms with Crippen molar-refractivity contribution < 1.29 is 13.2 Å². The van der Waals surface area contributed by atoms with Crippen molar-refractivity contribution in [2.45, 2.75) is 18.2 Å². The van der Waals surface area contributed by atoms with E-state index in [0.717, 1.165) is 0 Å². The molecular formula is C16H17NO3S. The quantitative estimate of drug-likeness (QED) is 0.923. The summed E-state index contributed by atoms with van der Waals surface area (Å²) in [7, 11) is -3.44. The van der Waals surface area contributed by atoms with Crippen molar-refractivity contribution in [1.82, 2.24) is 0 Å². The van der Waals surface area contributed by atoms with Gasteiger partial charge in [-0.15, -0.1) is 0 Å². The molecule has 0 bridgehead atoms. The molecule has 0 spiro atoms. The highest BCUT2D eigenvalue weighted by atomic mass is 32.2. The summed E-state index contributed by atoms with van der Waals surface area (Å²) >= 11 is 0. The van der Waals surface area contributed by atoms with Gasteiger partial charge in [-0.1, -0.05) is 37.3 Å². The minimum atomic E-state index is -3.44. The van der Waals surface area contributed by atoms with Gasteiger partial charge < -0.3 is 5.32 Å². The van der Waals surface area contributed by atoms with Crippen LogP contribution in [0.25, 0.3) is 0 Å². The highest BCUT2D eigenvalue weighted by molar-refractivity contribution is 7.91. The molecule has 2 aromatic carbocycles. The third-order valence-electron chi connectivity index (χ3n) is 2.97. The first-order chi connectivity index (χ1) is 10.0. The molecule has 5 heteroatoms. The second kappa shape index (κ2) is 6.54. The van der Waals surface area contributed by atoms with Crippen LogP contribution in [0, 0.1) is 0 Å². The minimum Gasteiger partial charge on any atom is -0.322 e. The molecule has 0 unspecified atom stereocenters. The molecule has 0 aliphatic heterocycles. The Hall–Kier alpha value is -2.14. The largest absolute Gasteiger partial charge is 0.322 e. The van der Waals surface area contributed by atoms with Gasteiger partial charge in [0.15, 0.2) is 9.84 Å². The Morgan fingerprint density at radius 2 is 1.62 bits per heavy atom. The maximum atomic E-state index is 12.3. The Bertz CT molecular complexity index is 724. The van der Waals surface area contributed by atoms with Crippen molar-refractivity contribution in [3.63, 3.8) is 0 Å². The minimum absolute atomic E-state index is 0.0304. The Balaban J connectivity index is 2.34. The van der Waals surface area contributed by atoms with Crippen LogP contribution in [0.4, 0.5) is 5.69 Å². The number of rotatable bonds is 5. The lowest BCUT2D eigenvalue weighted by molar-refractivity contribution is 0.102. The monoisotopic (exact) mass is 303 g/mol. The van der Waals surface area contributed by atoms with Crippen LogP contribution in [0.5, 0.6) is 0 Å². The first kappa shape index (κ1) is 15.3. The van der Waals surface area contributed by atoms with Crippen molar-refractivity contribution >= 4 is 21.4 Å². The number of carbonyl (C=O) groups excluding carboxylic acids is 1. The molecule has 4 nitrogen and oxygen atoms in total. The van der Waals surface area contributed by atoms with Gasteiger partial charge in [0.2, 0.25) is 0 Å². The van der Waals surface area contributed by atoms with Crippen LogP contribution >= 0.6 is 0 Å². The number of sulfone groups is 1. The molecule has 0 saturated heterocycles. The second-order valence-corrected chi connectivity index (χ2v) is 6.71. The normalized spacial score (nSPS) is 11.1. The number of anilines is 1. The Morgan fingerprint density at radius 1 is 1.00 bits per heavy atom. The molecule has 21 heavy (non-hydrogen) atoms. The van der Waals surface area contributed by atoms with E-state index >= 15 is 0 Å². The van der Waals surface area contributed by atoms with E-state index in [1.54, 1.807) is 43.3 Å². The molecular weight excluding hydrogens is 286 g/mol. The summed E-state index contributed by atoms with van der Waals surface area (Å²) in [4.78, 5) is 12.4. The van der Waals surface area contributed by atoms with Gasteiger partial charge >= 0.3 is 0 Å². The van der Waals surface area contributed by atoms with Crippen LogP contribution in [0.2, 0.25) is 0 Å². The molecule has 2 rings (SSSR count). The van der Waals surface area contributed by atoms with Gasteiger partial charge in [-0.3, -0.25) is 4.79 Å². The molecule has 0 saturated carbocycles. The zero-order valence-electron chi connectivity index (χ0n) is 11.7. The molecule has 1 N–H and O–H groups in total. The number of benzene rings is 2. The van der Waals surface area contributed by atoms with Crippen LogP contribution in [0.3, 0.4) is 0 Å². The number of para-hydroxylation sites is 1. The standard InChI is InChI=1S/C16H17NO3S/c1-2-12-21(19,20)15-11-7-6-10-14(15)16(18)17-13-8-4-3-5-9-13/h3-11H,2,12H2,1H3,(H,17,18). The fraction of sp³-hybridized carbons (Fsp3) is 0.188. The van der Waals surface area contributed by atoms with Crippen LogP contribution in [0.1, 0.15) is 23.7 Å². The fourth-order valence-electron chi connectivity index (χ4n) is 2.02.